The lowest BCUT2D eigenvalue weighted by Crippen LogP contribution is -2.61. The van der Waals surface area contributed by atoms with E-state index in [-0.39, 0.29) is 46.6 Å². The Bertz CT molecular complexity index is 704. The highest BCUT2D eigenvalue weighted by molar-refractivity contribution is 5.06. The molecule has 0 N–H and O–H groups in total. The summed E-state index contributed by atoms with van der Waals surface area (Å²) in [5.74, 6) is 0. The lowest BCUT2D eigenvalue weighted by Gasteiger charge is -2.47. The van der Waals surface area contributed by atoms with Crippen molar-refractivity contribution >= 4 is 0 Å². The summed E-state index contributed by atoms with van der Waals surface area (Å²) < 4.78 is 27.6. The van der Waals surface area contributed by atoms with Gasteiger partial charge in [0.1, 0.15) is 24.4 Å². The zero-order valence-corrected chi connectivity index (χ0v) is 21.8. The van der Waals surface area contributed by atoms with Crippen molar-refractivity contribution in [2.24, 2.45) is 0 Å². The zero-order chi connectivity index (χ0) is 23.8. The van der Waals surface area contributed by atoms with Crippen LogP contribution in [0.5, 0.6) is 0 Å². The van der Waals surface area contributed by atoms with Crippen LogP contribution in [0.3, 0.4) is 0 Å². The topological polar surface area (TPSA) is 67.6 Å². The highest BCUT2D eigenvalue weighted by Gasteiger charge is 2.47. The van der Waals surface area contributed by atoms with Crippen molar-refractivity contribution in [3.8, 4) is 0 Å². The normalized spacial score (nSPS) is 26.3. The molecule has 0 bridgehead atoms. The van der Waals surface area contributed by atoms with Gasteiger partial charge in [-0.3, -0.25) is 0 Å². The number of rotatable bonds is 5. The fraction of sp³-hybridized carbons (Fsp3) is 0.917. The molecule has 0 spiro atoms. The summed E-state index contributed by atoms with van der Waals surface area (Å²) in [6, 6.07) is 0. The molecule has 4 unspecified atom stereocenters. The summed E-state index contributed by atoms with van der Waals surface area (Å²) in [6.07, 6.45) is 0.935. The minimum absolute atomic E-state index is 0.0590. The van der Waals surface area contributed by atoms with Crippen molar-refractivity contribution in [2.45, 2.75) is 136 Å². The molecule has 1 fully saturated rings. The molecule has 0 aliphatic carbocycles. The van der Waals surface area contributed by atoms with Crippen molar-refractivity contribution in [3.05, 3.63) is 11.9 Å². The van der Waals surface area contributed by atoms with Crippen LogP contribution in [-0.4, -0.2) is 62.8 Å². The molecule has 7 heteroatoms. The molecule has 7 nitrogen and oxygen atoms in total. The quantitative estimate of drug-likeness (QED) is 0.672. The zero-order valence-electron chi connectivity index (χ0n) is 21.8. The van der Waals surface area contributed by atoms with Crippen LogP contribution in [-0.2, 0) is 30.9 Å². The molecule has 1 aromatic heterocycles. The molecule has 1 saturated heterocycles. The van der Waals surface area contributed by atoms with E-state index in [2.05, 4.69) is 93.4 Å². The molecule has 180 valence electrons. The number of hydrogen-bond donors (Lipinski definition) is 0. The smallest absolute Gasteiger partial charge is 0.115 e. The molecule has 0 radical (unpaired) electrons. The van der Waals surface area contributed by atoms with E-state index in [0.29, 0.717) is 13.2 Å². The molecule has 31 heavy (non-hydrogen) atoms. The van der Waals surface area contributed by atoms with E-state index in [4.69, 9.17) is 18.9 Å². The average Bonchev–Trinajstić information content (AvgIpc) is 2.98. The van der Waals surface area contributed by atoms with Gasteiger partial charge < -0.3 is 18.9 Å². The number of hydrogen-bond acceptors (Lipinski definition) is 6. The molecule has 1 aromatic rings. The first kappa shape index (κ1) is 26.2. The van der Waals surface area contributed by atoms with Crippen molar-refractivity contribution in [2.75, 3.05) is 6.61 Å². The average molecular weight is 440 g/mol. The lowest BCUT2D eigenvalue weighted by atomic mass is 9.93. The summed E-state index contributed by atoms with van der Waals surface area (Å²) in [6.45, 7) is 25.9. The Morgan fingerprint density at radius 3 is 1.81 bits per heavy atom. The van der Waals surface area contributed by atoms with Gasteiger partial charge in [0, 0.05) is 11.6 Å². The number of nitrogens with zero attached hydrogens (tertiary/aromatic N) is 3. The molecular weight excluding hydrogens is 394 g/mol. The van der Waals surface area contributed by atoms with Crippen LogP contribution in [0.25, 0.3) is 0 Å². The second-order valence-electron chi connectivity index (χ2n) is 12.6. The highest BCUT2D eigenvalue weighted by Crippen LogP contribution is 2.32. The van der Waals surface area contributed by atoms with Crippen molar-refractivity contribution < 1.29 is 18.9 Å². The number of aromatic nitrogens is 3. The Morgan fingerprint density at radius 2 is 1.35 bits per heavy atom. The molecule has 0 saturated carbocycles. The molecule has 1 aliphatic heterocycles. The maximum Gasteiger partial charge on any atom is 0.115 e. The molecule has 1 aliphatic rings. The van der Waals surface area contributed by atoms with E-state index in [0.717, 1.165) is 5.69 Å². The van der Waals surface area contributed by atoms with Crippen LogP contribution in [0.1, 0.15) is 88.8 Å². The lowest BCUT2D eigenvalue weighted by molar-refractivity contribution is -0.283. The fourth-order valence-corrected chi connectivity index (χ4v) is 3.56. The summed E-state index contributed by atoms with van der Waals surface area (Å²) in [7, 11) is 0. The summed E-state index contributed by atoms with van der Waals surface area (Å²) in [4.78, 5) is 0. The summed E-state index contributed by atoms with van der Waals surface area (Å²) in [5.41, 5.74) is -0.142. The van der Waals surface area contributed by atoms with Crippen molar-refractivity contribution in [1.29, 1.82) is 0 Å². The standard InChI is InChI=1S/C24H45N3O4/c1-21(2,3)18-14-27(26-25-18)13-16-19(30-23(7,8)9)20(31-24(10,11)12)17(15-28-16)29-22(4,5)6/h14,16-17,19-20H,13,15H2,1-12H3. The molecule has 2 heterocycles. The molecular formula is C24H45N3O4. The maximum absolute atomic E-state index is 6.55. The maximum atomic E-state index is 6.55. The van der Waals surface area contributed by atoms with E-state index in [1.807, 2.05) is 10.9 Å². The number of ether oxygens (including phenoxy) is 4. The molecule has 4 atom stereocenters. The van der Waals surface area contributed by atoms with Crippen molar-refractivity contribution in [1.82, 2.24) is 15.0 Å². The Kier molecular flexibility index (Phi) is 7.69. The predicted molar refractivity (Wildman–Crippen MR) is 122 cm³/mol. The second kappa shape index (κ2) is 9.08. The predicted octanol–water partition coefficient (Wildman–Crippen LogP) is 4.53. The van der Waals surface area contributed by atoms with Crippen LogP contribution in [0.15, 0.2) is 6.20 Å². The van der Waals surface area contributed by atoms with E-state index >= 15 is 0 Å². The first-order chi connectivity index (χ1) is 13.8. The third kappa shape index (κ3) is 8.44. The van der Waals surface area contributed by atoms with E-state index in [1.165, 1.54) is 0 Å². The molecule has 2 rings (SSSR count). The van der Waals surface area contributed by atoms with Crippen LogP contribution in [0.2, 0.25) is 0 Å². The monoisotopic (exact) mass is 439 g/mol. The largest absolute Gasteiger partial charge is 0.371 e. The van der Waals surface area contributed by atoms with Gasteiger partial charge in [-0.15, -0.1) is 5.10 Å². The van der Waals surface area contributed by atoms with Gasteiger partial charge in [-0.25, -0.2) is 4.68 Å². The SMILES string of the molecule is CC(C)(C)OC1COC(Cn2cc(C(C)(C)C)nn2)C(OC(C)(C)C)C1OC(C)(C)C. The Balaban J connectivity index is 2.35. The van der Waals surface area contributed by atoms with Crippen LogP contribution < -0.4 is 0 Å². The first-order valence-corrected chi connectivity index (χ1v) is 11.4. The van der Waals surface area contributed by atoms with E-state index in [9.17, 15) is 0 Å². The van der Waals surface area contributed by atoms with Gasteiger partial charge in [-0.1, -0.05) is 26.0 Å². The highest BCUT2D eigenvalue weighted by atomic mass is 16.6. The Hall–Kier alpha value is -1.02. The summed E-state index contributed by atoms with van der Waals surface area (Å²) in [5, 5.41) is 8.70. The van der Waals surface area contributed by atoms with Crippen LogP contribution >= 0.6 is 0 Å². The third-order valence-electron chi connectivity index (χ3n) is 4.69. The van der Waals surface area contributed by atoms with Gasteiger partial charge in [-0.2, -0.15) is 0 Å². The Labute approximate surface area is 189 Å². The minimum atomic E-state index is -0.367. The van der Waals surface area contributed by atoms with Crippen molar-refractivity contribution in [3.63, 3.8) is 0 Å². The van der Waals surface area contributed by atoms with Crippen LogP contribution in [0.4, 0.5) is 0 Å². The minimum Gasteiger partial charge on any atom is -0.371 e. The molecule has 0 aromatic carbocycles. The van der Waals surface area contributed by atoms with E-state index in [1.54, 1.807) is 0 Å². The van der Waals surface area contributed by atoms with Crippen LogP contribution in [0, 0.1) is 0 Å². The molecule has 0 amide bonds. The van der Waals surface area contributed by atoms with Gasteiger partial charge in [-0.05, 0) is 62.3 Å². The van der Waals surface area contributed by atoms with Gasteiger partial charge >= 0.3 is 0 Å². The van der Waals surface area contributed by atoms with Gasteiger partial charge in [0.2, 0.25) is 0 Å². The second-order valence-corrected chi connectivity index (χ2v) is 12.6. The van der Waals surface area contributed by atoms with Gasteiger partial charge in [0.15, 0.2) is 0 Å². The third-order valence-corrected chi connectivity index (χ3v) is 4.69. The van der Waals surface area contributed by atoms with Gasteiger partial charge in [0.25, 0.3) is 0 Å². The first-order valence-electron chi connectivity index (χ1n) is 11.4. The summed E-state index contributed by atoms with van der Waals surface area (Å²) >= 11 is 0. The van der Waals surface area contributed by atoms with E-state index < -0.39 is 0 Å². The van der Waals surface area contributed by atoms with Gasteiger partial charge in [0.05, 0.1) is 35.6 Å². The fourth-order valence-electron chi connectivity index (χ4n) is 3.56. The Morgan fingerprint density at radius 1 is 0.839 bits per heavy atom.